The summed E-state index contributed by atoms with van der Waals surface area (Å²) in [6.07, 6.45) is 6.21. The van der Waals surface area contributed by atoms with Crippen LogP contribution in [0.4, 0.5) is 5.69 Å². The zero-order valence-electron chi connectivity index (χ0n) is 16.0. The Balaban J connectivity index is 1.71. The van der Waals surface area contributed by atoms with E-state index in [1.54, 1.807) is 34.9 Å². The van der Waals surface area contributed by atoms with E-state index >= 15 is 0 Å². The molecule has 0 aliphatic carbocycles. The van der Waals surface area contributed by atoms with Crippen molar-refractivity contribution in [3.05, 3.63) is 72.7 Å². The van der Waals surface area contributed by atoms with Crippen LogP contribution < -0.4 is 9.46 Å². The summed E-state index contributed by atoms with van der Waals surface area (Å²) in [5.41, 5.74) is 2.84. The third-order valence-electron chi connectivity index (χ3n) is 4.62. The van der Waals surface area contributed by atoms with E-state index in [2.05, 4.69) is 14.7 Å². The highest BCUT2D eigenvalue weighted by Crippen LogP contribution is 2.32. The summed E-state index contributed by atoms with van der Waals surface area (Å²) in [4.78, 5) is 8.89. The molecule has 0 atom stereocenters. The first-order valence-corrected chi connectivity index (χ1v) is 10.6. The number of sulfonamides is 1. The molecule has 2 aromatic carbocycles. The molecule has 0 saturated heterocycles. The van der Waals surface area contributed by atoms with E-state index < -0.39 is 10.0 Å². The number of benzene rings is 2. The van der Waals surface area contributed by atoms with E-state index in [0.717, 1.165) is 17.5 Å². The molecule has 0 bridgehead atoms. The standard InChI is InChI=1S/C21H20N4O3S/c1-3-15-5-8-17(9-6-15)29(26,27)24-18-13-16(7-10-20(18)28-2)19-14-25-12-4-11-22-21(25)23-19/h4-14,24H,3H2,1-2H3. The van der Waals surface area contributed by atoms with Crippen molar-refractivity contribution in [2.75, 3.05) is 11.8 Å². The molecule has 0 spiro atoms. The first kappa shape index (κ1) is 18.9. The number of imidazole rings is 1. The number of fused-ring (bicyclic) bond motifs is 1. The van der Waals surface area contributed by atoms with Crippen LogP contribution in [-0.4, -0.2) is 29.9 Å². The maximum Gasteiger partial charge on any atom is 0.262 e. The van der Waals surface area contributed by atoms with Crippen LogP contribution >= 0.6 is 0 Å². The number of rotatable bonds is 6. The molecule has 4 aromatic rings. The predicted octanol–water partition coefficient (Wildman–Crippen LogP) is 3.77. The number of nitrogens with zero attached hydrogens (tertiary/aromatic N) is 3. The van der Waals surface area contributed by atoms with Gasteiger partial charge in [-0.2, -0.15) is 0 Å². The largest absolute Gasteiger partial charge is 0.495 e. The van der Waals surface area contributed by atoms with Crippen molar-refractivity contribution < 1.29 is 13.2 Å². The molecule has 0 aliphatic heterocycles. The Bertz CT molecular complexity index is 1230. The number of ether oxygens (including phenoxy) is 1. The number of methoxy groups -OCH3 is 1. The van der Waals surface area contributed by atoms with Crippen LogP contribution in [0.15, 0.2) is 72.0 Å². The van der Waals surface area contributed by atoms with E-state index in [-0.39, 0.29) is 4.90 Å². The number of anilines is 1. The maximum absolute atomic E-state index is 12.9. The minimum Gasteiger partial charge on any atom is -0.495 e. The zero-order valence-corrected chi connectivity index (χ0v) is 16.8. The van der Waals surface area contributed by atoms with Gasteiger partial charge in [-0.3, -0.25) is 9.12 Å². The Hall–Kier alpha value is -3.39. The first-order chi connectivity index (χ1) is 14.0. The molecule has 0 aliphatic rings. The summed E-state index contributed by atoms with van der Waals surface area (Å²) in [5, 5.41) is 0. The average molecular weight is 408 g/mol. The zero-order chi connectivity index (χ0) is 20.4. The van der Waals surface area contributed by atoms with Gasteiger partial charge in [0.05, 0.1) is 23.4 Å². The number of aryl methyl sites for hydroxylation is 1. The molecule has 0 saturated carbocycles. The molecule has 1 N–H and O–H groups in total. The summed E-state index contributed by atoms with van der Waals surface area (Å²) in [6.45, 7) is 2.02. The van der Waals surface area contributed by atoms with Gasteiger partial charge in [0.2, 0.25) is 5.78 Å². The van der Waals surface area contributed by atoms with Gasteiger partial charge in [-0.05, 0) is 48.4 Å². The van der Waals surface area contributed by atoms with E-state index in [9.17, 15) is 8.42 Å². The molecule has 0 unspecified atom stereocenters. The molecule has 148 valence electrons. The van der Waals surface area contributed by atoms with Gasteiger partial charge in [0.25, 0.3) is 10.0 Å². The number of aromatic nitrogens is 3. The van der Waals surface area contributed by atoms with Gasteiger partial charge in [-0.25, -0.2) is 18.4 Å². The Kier molecular flexibility index (Phi) is 4.94. The van der Waals surface area contributed by atoms with Crippen LogP contribution in [0, 0.1) is 0 Å². The fourth-order valence-electron chi connectivity index (χ4n) is 3.02. The van der Waals surface area contributed by atoms with E-state index in [1.165, 1.54) is 7.11 Å². The van der Waals surface area contributed by atoms with Gasteiger partial charge in [-0.15, -0.1) is 0 Å². The van der Waals surface area contributed by atoms with E-state index in [1.807, 2.05) is 43.6 Å². The van der Waals surface area contributed by atoms with Crippen LogP contribution in [0.5, 0.6) is 5.75 Å². The molecule has 8 heteroatoms. The Morgan fingerprint density at radius 2 is 1.93 bits per heavy atom. The fourth-order valence-corrected chi connectivity index (χ4v) is 4.09. The monoisotopic (exact) mass is 408 g/mol. The Morgan fingerprint density at radius 3 is 2.62 bits per heavy atom. The second kappa shape index (κ2) is 7.56. The quantitative estimate of drug-likeness (QED) is 0.525. The van der Waals surface area contributed by atoms with Gasteiger partial charge in [0.1, 0.15) is 5.75 Å². The van der Waals surface area contributed by atoms with Crippen molar-refractivity contribution in [1.29, 1.82) is 0 Å². The van der Waals surface area contributed by atoms with Crippen LogP contribution in [0.1, 0.15) is 12.5 Å². The molecule has 2 aromatic heterocycles. The van der Waals surface area contributed by atoms with Gasteiger partial charge in [0.15, 0.2) is 0 Å². The second-order valence-corrected chi connectivity index (χ2v) is 8.15. The van der Waals surface area contributed by atoms with Crippen molar-refractivity contribution in [1.82, 2.24) is 14.4 Å². The molecule has 0 radical (unpaired) electrons. The molecule has 2 heterocycles. The van der Waals surface area contributed by atoms with E-state index in [4.69, 9.17) is 4.74 Å². The van der Waals surface area contributed by atoms with Crippen molar-refractivity contribution in [2.24, 2.45) is 0 Å². The van der Waals surface area contributed by atoms with E-state index in [0.29, 0.717) is 22.9 Å². The molecular weight excluding hydrogens is 388 g/mol. The molecule has 0 amide bonds. The molecular formula is C21H20N4O3S. The van der Waals surface area contributed by atoms with Crippen LogP contribution in [0.2, 0.25) is 0 Å². The summed E-state index contributed by atoms with van der Waals surface area (Å²) in [5.74, 6) is 0.987. The SMILES string of the molecule is CCc1ccc(S(=O)(=O)Nc2cc(-c3cn4cccnc4n3)ccc2OC)cc1. The summed E-state index contributed by atoms with van der Waals surface area (Å²) in [6, 6.07) is 13.9. The number of hydrogen-bond acceptors (Lipinski definition) is 5. The molecule has 29 heavy (non-hydrogen) atoms. The van der Waals surface area contributed by atoms with Crippen molar-refractivity contribution in [2.45, 2.75) is 18.2 Å². The third kappa shape index (κ3) is 3.79. The maximum atomic E-state index is 12.9. The van der Waals surface area contributed by atoms with Gasteiger partial charge in [0, 0.05) is 24.2 Å². The third-order valence-corrected chi connectivity index (χ3v) is 6.00. The van der Waals surface area contributed by atoms with Crippen LogP contribution in [0.25, 0.3) is 17.0 Å². The normalized spacial score (nSPS) is 11.5. The van der Waals surface area contributed by atoms with Crippen LogP contribution in [-0.2, 0) is 16.4 Å². The topological polar surface area (TPSA) is 85.6 Å². The minimum atomic E-state index is -3.76. The highest BCUT2D eigenvalue weighted by atomic mass is 32.2. The van der Waals surface area contributed by atoms with Crippen LogP contribution in [0.3, 0.4) is 0 Å². The highest BCUT2D eigenvalue weighted by Gasteiger charge is 2.18. The average Bonchev–Trinajstić information content (AvgIpc) is 3.18. The fraction of sp³-hybridized carbons (Fsp3) is 0.143. The summed E-state index contributed by atoms with van der Waals surface area (Å²) >= 11 is 0. The Labute approximate surface area is 169 Å². The number of nitrogens with one attached hydrogen (secondary N) is 1. The smallest absolute Gasteiger partial charge is 0.262 e. The molecule has 7 nitrogen and oxygen atoms in total. The lowest BCUT2D eigenvalue weighted by atomic mass is 10.1. The van der Waals surface area contributed by atoms with Gasteiger partial charge >= 0.3 is 0 Å². The lowest BCUT2D eigenvalue weighted by Gasteiger charge is -2.13. The Morgan fingerprint density at radius 1 is 1.14 bits per heavy atom. The van der Waals surface area contributed by atoms with Gasteiger partial charge in [-0.1, -0.05) is 19.1 Å². The lowest BCUT2D eigenvalue weighted by Crippen LogP contribution is -2.13. The summed E-state index contributed by atoms with van der Waals surface area (Å²) < 4.78 is 35.5. The molecule has 4 rings (SSSR count). The lowest BCUT2D eigenvalue weighted by molar-refractivity contribution is 0.417. The molecule has 0 fully saturated rings. The van der Waals surface area contributed by atoms with Crippen molar-refractivity contribution in [3.8, 4) is 17.0 Å². The minimum absolute atomic E-state index is 0.194. The highest BCUT2D eigenvalue weighted by molar-refractivity contribution is 7.92. The summed E-state index contributed by atoms with van der Waals surface area (Å²) in [7, 11) is -2.26. The number of hydrogen-bond donors (Lipinski definition) is 1. The van der Waals surface area contributed by atoms with Crippen molar-refractivity contribution >= 4 is 21.5 Å². The second-order valence-electron chi connectivity index (χ2n) is 6.47. The first-order valence-electron chi connectivity index (χ1n) is 9.10. The van der Waals surface area contributed by atoms with Gasteiger partial charge < -0.3 is 4.74 Å². The van der Waals surface area contributed by atoms with Crippen molar-refractivity contribution in [3.63, 3.8) is 0 Å². The predicted molar refractivity (Wildman–Crippen MR) is 112 cm³/mol.